The van der Waals surface area contributed by atoms with Crippen LogP contribution < -0.4 is 5.32 Å². The normalized spacial score (nSPS) is 12.3. The van der Waals surface area contributed by atoms with Crippen LogP contribution in [0.4, 0.5) is 5.69 Å². The van der Waals surface area contributed by atoms with Crippen LogP contribution in [0.5, 0.6) is 0 Å². The minimum atomic E-state index is 0.704. The molecule has 3 heterocycles. The minimum absolute atomic E-state index is 0.704. The third-order valence-electron chi connectivity index (χ3n) is 9.04. The van der Waals surface area contributed by atoms with Gasteiger partial charge in [0.15, 0.2) is 5.82 Å². The van der Waals surface area contributed by atoms with Gasteiger partial charge in [0.25, 0.3) is 0 Å². The molecule has 0 radical (unpaired) electrons. The summed E-state index contributed by atoms with van der Waals surface area (Å²) in [5.41, 5.74) is 13.1. The molecule has 0 saturated carbocycles. The molecule has 0 saturated heterocycles. The number of hydrogen-bond donors (Lipinski definition) is 1. The predicted octanol–water partition coefficient (Wildman–Crippen LogP) is 10.7. The van der Waals surface area contributed by atoms with E-state index in [9.17, 15) is 0 Å². The van der Waals surface area contributed by atoms with Crippen molar-refractivity contribution in [2.45, 2.75) is 0 Å². The third kappa shape index (κ3) is 4.79. The molecule has 0 fully saturated rings. The Hall–Kier alpha value is -6.26. The molecule has 4 nitrogen and oxygen atoms in total. The van der Waals surface area contributed by atoms with Crippen molar-refractivity contribution in [2.75, 3.05) is 11.9 Å². The molecule has 6 aromatic carbocycles. The van der Waals surface area contributed by atoms with E-state index in [4.69, 9.17) is 9.97 Å². The lowest BCUT2D eigenvalue weighted by molar-refractivity contribution is 1.17. The topological polar surface area (TPSA) is 42.7 Å². The van der Waals surface area contributed by atoms with Crippen molar-refractivity contribution < 1.29 is 0 Å². The first-order valence-corrected chi connectivity index (χ1v) is 16.0. The van der Waals surface area contributed by atoms with Gasteiger partial charge in [0.2, 0.25) is 0 Å². The van der Waals surface area contributed by atoms with Crippen molar-refractivity contribution in [3.8, 4) is 50.7 Å². The Labute approximate surface area is 273 Å². The molecule has 1 aliphatic heterocycles. The monoisotopic (exact) mass is 602 g/mol. The molecule has 0 spiro atoms. The SMILES string of the molecule is C1=Cc2cccc(-c3ccc(-c4nc(-c5ccccc5)cc(-c5ccc(-n6c7ccccc7c7ccccc76)cc5)n4)cc3)c2NC1. The number of nitrogens with one attached hydrogen (secondary N) is 1. The highest BCUT2D eigenvalue weighted by atomic mass is 15.0. The summed E-state index contributed by atoms with van der Waals surface area (Å²) in [4.78, 5) is 10.2. The molecule has 8 aromatic rings. The molecule has 9 rings (SSSR count). The molecule has 4 heteroatoms. The molecule has 0 unspecified atom stereocenters. The highest BCUT2D eigenvalue weighted by Crippen LogP contribution is 2.36. The number of fused-ring (bicyclic) bond motifs is 4. The predicted molar refractivity (Wildman–Crippen MR) is 196 cm³/mol. The molecule has 0 aliphatic carbocycles. The van der Waals surface area contributed by atoms with Crippen molar-refractivity contribution in [1.82, 2.24) is 14.5 Å². The molecule has 0 atom stereocenters. The summed E-state index contributed by atoms with van der Waals surface area (Å²) in [7, 11) is 0. The number of benzene rings is 6. The summed E-state index contributed by atoms with van der Waals surface area (Å²) in [6.45, 7) is 0.838. The maximum Gasteiger partial charge on any atom is 0.160 e. The minimum Gasteiger partial charge on any atom is -0.381 e. The van der Waals surface area contributed by atoms with Gasteiger partial charge in [0.1, 0.15) is 0 Å². The second-order valence-electron chi connectivity index (χ2n) is 11.9. The standard InChI is InChI=1S/C43H30N4/c1-2-10-30(11-3-1)38-28-39(31-23-25-34(26-24-31)47-40-17-6-4-14-36(40)37-15-5-7-18-41(37)47)46-43(45-38)33-21-19-29(20-22-33)35-16-8-12-32-13-9-27-44-42(32)35/h1-26,28,44H,27H2. The fourth-order valence-corrected chi connectivity index (χ4v) is 6.76. The number of aromatic nitrogens is 3. The number of hydrogen-bond acceptors (Lipinski definition) is 3. The second kappa shape index (κ2) is 11.3. The summed E-state index contributed by atoms with van der Waals surface area (Å²) in [5.74, 6) is 0.704. The van der Waals surface area contributed by atoms with Gasteiger partial charge in [0, 0.05) is 50.9 Å². The zero-order valence-corrected chi connectivity index (χ0v) is 25.6. The van der Waals surface area contributed by atoms with Gasteiger partial charge < -0.3 is 9.88 Å². The third-order valence-corrected chi connectivity index (χ3v) is 9.04. The van der Waals surface area contributed by atoms with Crippen LogP contribution in [0.1, 0.15) is 5.56 Å². The fraction of sp³-hybridized carbons (Fsp3) is 0.0233. The number of anilines is 1. The number of rotatable bonds is 5. The first-order chi connectivity index (χ1) is 23.3. The molecule has 2 aromatic heterocycles. The van der Waals surface area contributed by atoms with Crippen LogP contribution in [-0.4, -0.2) is 21.1 Å². The van der Waals surface area contributed by atoms with E-state index in [1.165, 1.54) is 38.6 Å². The van der Waals surface area contributed by atoms with Crippen LogP contribution in [0.25, 0.3) is 78.6 Å². The van der Waals surface area contributed by atoms with Gasteiger partial charge in [-0.05, 0) is 41.5 Å². The van der Waals surface area contributed by atoms with Crippen LogP contribution in [0.3, 0.4) is 0 Å². The van der Waals surface area contributed by atoms with E-state index in [2.05, 4.69) is 168 Å². The van der Waals surface area contributed by atoms with Gasteiger partial charge >= 0.3 is 0 Å². The Morgan fingerprint density at radius 1 is 0.511 bits per heavy atom. The van der Waals surface area contributed by atoms with E-state index in [1.807, 2.05) is 6.07 Å². The van der Waals surface area contributed by atoms with Crippen LogP contribution in [0.15, 0.2) is 158 Å². The molecule has 1 aliphatic rings. The quantitative estimate of drug-likeness (QED) is 0.213. The fourth-order valence-electron chi connectivity index (χ4n) is 6.76. The summed E-state index contributed by atoms with van der Waals surface area (Å²) in [6.07, 6.45) is 4.34. The van der Waals surface area contributed by atoms with Gasteiger partial charge in [-0.1, -0.05) is 133 Å². The van der Waals surface area contributed by atoms with Crippen molar-refractivity contribution in [3.63, 3.8) is 0 Å². The lowest BCUT2D eigenvalue weighted by atomic mass is 9.97. The first-order valence-electron chi connectivity index (χ1n) is 16.0. The Morgan fingerprint density at radius 3 is 1.81 bits per heavy atom. The molecular formula is C43H30N4. The first kappa shape index (κ1) is 27.1. The van der Waals surface area contributed by atoms with Gasteiger partial charge in [-0.3, -0.25) is 0 Å². The Bertz CT molecular complexity index is 2380. The number of nitrogens with zero attached hydrogens (tertiary/aromatic N) is 3. The summed E-state index contributed by atoms with van der Waals surface area (Å²) >= 11 is 0. The van der Waals surface area contributed by atoms with E-state index in [-0.39, 0.29) is 0 Å². The van der Waals surface area contributed by atoms with Crippen molar-refractivity contribution in [3.05, 3.63) is 163 Å². The largest absolute Gasteiger partial charge is 0.381 e. The van der Waals surface area contributed by atoms with E-state index >= 15 is 0 Å². The maximum atomic E-state index is 5.12. The smallest absolute Gasteiger partial charge is 0.160 e. The Kier molecular flexibility index (Phi) is 6.50. The average Bonchev–Trinajstić information content (AvgIpc) is 3.49. The molecule has 47 heavy (non-hydrogen) atoms. The zero-order chi connectivity index (χ0) is 31.2. The van der Waals surface area contributed by atoms with Gasteiger partial charge in [0.05, 0.1) is 22.4 Å². The molecule has 222 valence electrons. The van der Waals surface area contributed by atoms with E-state index in [0.717, 1.165) is 45.9 Å². The van der Waals surface area contributed by atoms with Gasteiger partial charge in [-0.25, -0.2) is 9.97 Å². The molecule has 0 amide bonds. The maximum absolute atomic E-state index is 5.12. The van der Waals surface area contributed by atoms with Gasteiger partial charge in [-0.2, -0.15) is 0 Å². The average molecular weight is 603 g/mol. The highest BCUT2D eigenvalue weighted by Gasteiger charge is 2.15. The molecule has 0 bridgehead atoms. The van der Waals surface area contributed by atoms with Crippen LogP contribution >= 0.6 is 0 Å². The zero-order valence-electron chi connectivity index (χ0n) is 25.6. The highest BCUT2D eigenvalue weighted by molar-refractivity contribution is 6.09. The van der Waals surface area contributed by atoms with Crippen molar-refractivity contribution >= 4 is 33.6 Å². The molecular weight excluding hydrogens is 573 g/mol. The summed E-state index contributed by atoms with van der Waals surface area (Å²) in [5, 5.41) is 6.06. The van der Waals surface area contributed by atoms with Crippen molar-refractivity contribution in [1.29, 1.82) is 0 Å². The van der Waals surface area contributed by atoms with Crippen LogP contribution in [0.2, 0.25) is 0 Å². The lowest BCUT2D eigenvalue weighted by Gasteiger charge is -2.17. The van der Waals surface area contributed by atoms with E-state index < -0.39 is 0 Å². The lowest BCUT2D eigenvalue weighted by Crippen LogP contribution is -2.05. The van der Waals surface area contributed by atoms with Gasteiger partial charge in [-0.15, -0.1) is 0 Å². The van der Waals surface area contributed by atoms with E-state index in [1.54, 1.807) is 0 Å². The Morgan fingerprint density at radius 2 is 1.11 bits per heavy atom. The second-order valence-corrected chi connectivity index (χ2v) is 11.9. The van der Waals surface area contributed by atoms with E-state index in [0.29, 0.717) is 5.82 Å². The molecule has 1 N–H and O–H groups in total. The van der Waals surface area contributed by atoms with Crippen LogP contribution in [-0.2, 0) is 0 Å². The van der Waals surface area contributed by atoms with Crippen molar-refractivity contribution in [2.24, 2.45) is 0 Å². The summed E-state index contributed by atoms with van der Waals surface area (Å²) < 4.78 is 2.34. The Balaban J connectivity index is 1.12. The summed E-state index contributed by atoms with van der Waals surface area (Å²) in [6, 6.07) is 53.4. The van der Waals surface area contributed by atoms with Crippen LogP contribution in [0, 0.1) is 0 Å². The number of para-hydroxylation sites is 3.